The largest absolute Gasteiger partial charge is 0.507 e. The van der Waals surface area contributed by atoms with E-state index >= 15 is 0 Å². The summed E-state index contributed by atoms with van der Waals surface area (Å²) in [6.07, 6.45) is 1.35. The first-order valence-corrected chi connectivity index (χ1v) is 3.73. The van der Waals surface area contributed by atoms with Gasteiger partial charge < -0.3 is 14.8 Å². The summed E-state index contributed by atoms with van der Waals surface area (Å²) in [5.74, 6) is -1.91. The fourth-order valence-corrected chi connectivity index (χ4v) is 1.01. The molecule has 0 aromatic carbocycles. The van der Waals surface area contributed by atoms with E-state index in [0.717, 1.165) is 0 Å². The first-order chi connectivity index (χ1) is 6.07. The van der Waals surface area contributed by atoms with Gasteiger partial charge >= 0.3 is 5.97 Å². The van der Waals surface area contributed by atoms with Gasteiger partial charge in [0.25, 0.3) is 5.56 Å². The number of aromatic hydroxyl groups is 1. The molecule has 0 atom stereocenters. The zero-order valence-electron chi connectivity index (χ0n) is 7.84. The van der Waals surface area contributed by atoms with E-state index in [-0.39, 0.29) is 24.8 Å². The molecule has 0 aliphatic carbocycles. The minimum atomic E-state index is -1.41. The number of hydrogen-bond donors (Lipinski definition) is 2. The molecule has 7 heteroatoms. The monoisotopic (exact) mass is 255 g/mol. The minimum absolute atomic E-state index is 0. The maximum Gasteiger partial charge on any atom is 0.345 e. The number of halogens is 2. The Morgan fingerprint density at radius 3 is 2.40 bits per heavy atom. The van der Waals surface area contributed by atoms with E-state index in [9.17, 15) is 9.59 Å². The van der Waals surface area contributed by atoms with Gasteiger partial charge in [0.15, 0.2) is 5.56 Å². The molecular weight excluding hydrogens is 245 g/mol. The summed E-state index contributed by atoms with van der Waals surface area (Å²) >= 11 is 0. The van der Waals surface area contributed by atoms with E-state index in [1.54, 1.807) is 6.92 Å². The molecule has 0 saturated heterocycles. The second kappa shape index (κ2) is 6.31. The Bertz CT molecular complexity index is 402. The molecule has 2 N–H and O–H groups in total. The molecule has 5 nitrogen and oxygen atoms in total. The first-order valence-electron chi connectivity index (χ1n) is 3.73. The molecule has 0 spiro atoms. The number of carbonyl (C=O) groups is 1. The highest BCUT2D eigenvalue weighted by molar-refractivity contribution is 5.90. The van der Waals surface area contributed by atoms with E-state index in [0.29, 0.717) is 6.54 Å². The first kappa shape index (κ1) is 16.2. The molecule has 1 rings (SSSR count). The fraction of sp³-hybridized carbons (Fsp3) is 0.250. The second-order valence-electron chi connectivity index (χ2n) is 2.47. The van der Waals surface area contributed by atoms with Gasteiger partial charge in [-0.3, -0.25) is 4.79 Å². The Balaban J connectivity index is 0. The van der Waals surface area contributed by atoms with Crippen molar-refractivity contribution < 1.29 is 15.0 Å². The van der Waals surface area contributed by atoms with Gasteiger partial charge in [0.05, 0.1) is 0 Å². The van der Waals surface area contributed by atoms with Gasteiger partial charge in [0.1, 0.15) is 5.75 Å². The van der Waals surface area contributed by atoms with Crippen LogP contribution in [-0.4, -0.2) is 20.7 Å². The van der Waals surface area contributed by atoms with E-state index < -0.39 is 22.8 Å². The molecule has 0 radical (unpaired) electrons. The highest BCUT2D eigenvalue weighted by atomic mass is 35.5. The van der Waals surface area contributed by atoms with Crippen molar-refractivity contribution >= 4 is 30.8 Å². The highest BCUT2D eigenvalue weighted by Gasteiger charge is 2.15. The summed E-state index contributed by atoms with van der Waals surface area (Å²) in [6.45, 7) is 2.09. The summed E-state index contributed by atoms with van der Waals surface area (Å²) in [4.78, 5) is 21.8. The van der Waals surface area contributed by atoms with Crippen LogP contribution >= 0.6 is 24.8 Å². The lowest BCUT2D eigenvalue weighted by molar-refractivity contribution is 0.0691. The number of aryl methyl sites for hydroxylation is 1. The SMILES string of the molecule is CCn1ccc(O)c(C(=O)O)c1=O.Cl.Cl. The molecule has 0 aliphatic heterocycles. The van der Waals surface area contributed by atoms with Crippen LogP contribution in [0.2, 0.25) is 0 Å². The summed E-state index contributed by atoms with van der Waals surface area (Å²) in [7, 11) is 0. The quantitative estimate of drug-likeness (QED) is 0.830. The van der Waals surface area contributed by atoms with Crippen molar-refractivity contribution in [3.8, 4) is 5.75 Å². The van der Waals surface area contributed by atoms with Gasteiger partial charge in [0, 0.05) is 12.7 Å². The highest BCUT2D eigenvalue weighted by Crippen LogP contribution is 2.10. The average molecular weight is 256 g/mol. The van der Waals surface area contributed by atoms with E-state index in [4.69, 9.17) is 10.2 Å². The molecule has 15 heavy (non-hydrogen) atoms. The summed E-state index contributed by atoms with van der Waals surface area (Å²) in [5, 5.41) is 17.7. The van der Waals surface area contributed by atoms with E-state index in [1.165, 1.54) is 16.8 Å². The van der Waals surface area contributed by atoms with Crippen LogP contribution in [0.5, 0.6) is 5.75 Å². The third-order valence-electron chi connectivity index (χ3n) is 1.70. The predicted octanol–water partition coefficient (Wildman–Crippen LogP) is 1.12. The van der Waals surface area contributed by atoms with E-state index in [1.807, 2.05) is 0 Å². The average Bonchev–Trinajstić information content (AvgIpc) is 2.04. The molecule has 86 valence electrons. The summed E-state index contributed by atoms with van der Waals surface area (Å²) < 4.78 is 1.21. The number of aromatic nitrogens is 1. The van der Waals surface area contributed by atoms with Crippen LogP contribution in [0.1, 0.15) is 17.3 Å². The zero-order valence-corrected chi connectivity index (χ0v) is 9.47. The minimum Gasteiger partial charge on any atom is -0.507 e. The van der Waals surface area contributed by atoms with Crippen molar-refractivity contribution in [3.63, 3.8) is 0 Å². The number of carboxylic acids is 1. The van der Waals surface area contributed by atoms with Crippen LogP contribution in [0, 0.1) is 0 Å². The number of carboxylic acid groups (broad SMARTS) is 1. The van der Waals surface area contributed by atoms with E-state index in [2.05, 4.69) is 0 Å². The fourth-order valence-electron chi connectivity index (χ4n) is 1.01. The predicted molar refractivity (Wildman–Crippen MR) is 59.5 cm³/mol. The van der Waals surface area contributed by atoms with Gasteiger partial charge in [-0.05, 0) is 13.0 Å². The second-order valence-corrected chi connectivity index (χ2v) is 2.47. The van der Waals surface area contributed by atoms with Crippen molar-refractivity contribution in [3.05, 3.63) is 28.2 Å². The normalized spacial score (nSPS) is 8.60. The van der Waals surface area contributed by atoms with Crippen molar-refractivity contribution in [1.29, 1.82) is 0 Å². The van der Waals surface area contributed by atoms with Gasteiger partial charge in [-0.1, -0.05) is 0 Å². The third kappa shape index (κ3) is 3.14. The summed E-state index contributed by atoms with van der Waals surface area (Å²) in [5.41, 5.74) is -1.26. The molecule has 0 fully saturated rings. The topological polar surface area (TPSA) is 79.5 Å². The maximum atomic E-state index is 11.3. The number of nitrogens with zero attached hydrogens (tertiary/aromatic N) is 1. The number of pyridine rings is 1. The number of hydrogen-bond acceptors (Lipinski definition) is 3. The van der Waals surface area contributed by atoms with Gasteiger partial charge in [-0.15, -0.1) is 24.8 Å². The third-order valence-corrected chi connectivity index (χ3v) is 1.70. The molecule has 1 aromatic heterocycles. The number of rotatable bonds is 2. The van der Waals surface area contributed by atoms with Crippen molar-refractivity contribution in [1.82, 2.24) is 4.57 Å². The molecular formula is C8H11Cl2NO4. The molecule has 0 unspecified atom stereocenters. The molecule has 0 aliphatic rings. The maximum absolute atomic E-state index is 11.3. The van der Waals surface area contributed by atoms with Gasteiger partial charge in [-0.25, -0.2) is 4.79 Å². The van der Waals surface area contributed by atoms with Crippen molar-refractivity contribution in [2.75, 3.05) is 0 Å². The summed E-state index contributed by atoms with van der Waals surface area (Å²) in [6, 6.07) is 1.19. The lowest BCUT2D eigenvalue weighted by atomic mass is 10.2. The van der Waals surface area contributed by atoms with Crippen LogP contribution in [0.4, 0.5) is 0 Å². The lowest BCUT2D eigenvalue weighted by Gasteiger charge is -2.03. The Morgan fingerprint density at radius 1 is 1.47 bits per heavy atom. The van der Waals surface area contributed by atoms with Crippen molar-refractivity contribution in [2.24, 2.45) is 0 Å². The Hall–Kier alpha value is -1.20. The number of aromatic carboxylic acids is 1. The zero-order chi connectivity index (χ0) is 10.0. The van der Waals surface area contributed by atoms with Crippen LogP contribution in [0.3, 0.4) is 0 Å². The van der Waals surface area contributed by atoms with Crippen molar-refractivity contribution in [2.45, 2.75) is 13.5 Å². The van der Waals surface area contributed by atoms with Crippen LogP contribution in [0.15, 0.2) is 17.1 Å². The molecule has 1 heterocycles. The Labute approximate surface area is 98.2 Å². The van der Waals surface area contributed by atoms with Crippen LogP contribution in [-0.2, 0) is 6.54 Å². The smallest absolute Gasteiger partial charge is 0.345 e. The molecule has 1 aromatic rings. The lowest BCUT2D eigenvalue weighted by Crippen LogP contribution is -2.25. The van der Waals surface area contributed by atoms with Gasteiger partial charge in [0.2, 0.25) is 0 Å². The van der Waals surface area contributed by atoms with Crippen LogP contribution < -0.4 is 5.56 Å². The Kier molecular flexibility index (Phi) is 6.84. The Morgan fingerprint density at radius 2 is 2.00 bits per heavy atom. The van der Waals surface area contributed by atoms with Gasteiger partial charge in [-0.2, -0.15) is 0 Å². The molecule has 0 saturated carbocycles. The molecule has 0 bridgehead atoms. The standard InChI is InChI=1S/C8H9NO4.2ClH/c1-2-9-4-3-5(10)6(7(9)11)8(12)13;;/h3-4,10H,2H2,1H3,(H,12,13);2*1H. The van der Waals surface area contributed by atoms with Crippen LogP contribution in [0.25, 0.3) is 0 Å². The molecule has 0 amide bonds.